The summed E-state index contributed by atoms with van der Waals surface area (Å²) in [5.74, 6) is -0.244. The second-order valence-electron chi connectivity index (χ2n) is 5.63. The van der Waals surface area contributed by atoms with E-state index in [1.807, 2.05) is 0 Å². The van der Waals surface area contributed by atoms with E-state index in [2.05, 4.69) is 5.32 Å². The highest BCUT2D eigenvalue weighted by molar-refractivity contribution is 5.82. The van der Waals surface area contributed by atoms with Crippen LogP contribution in [0.5, 0.6) is 0 Å². The molecule has 0 spiro atoms. The van der Waals surface area contributed by atoms with Gasteiger partial charge < -0.3 is 15.3 Å². The fraction of sp³-hybridized carbons (Fsp3) is 0.533. The Bertz CT molecular complexity index is 549. The molecular formula is C15H21N3O4. The summed E-state index contributed by atoms with van der Waals surface area (Å²) in [6, 6.07) is 6.09. The molecule has 1 saturated carbocycles. The molecule has 2 atom stereocenters. The summed E-state index contributed by atoms with van der Waals surface area (Å²) in [5.41, 5.74) is 0.363. The first-order chi connectivity index (χ1) is 10.5. The SMILES string of the molecule is CN(CC(=O)NC1CCCCC1O)c1ccccc1[N+](=O)[O-]. The number of aliphatic hydroxyl groups excluding tert-OH is 1. The number of nitro groups is 1. The Labute approximate surface area is 129 Å². The first kappa shape index (κ1) is 16.2. The molecule has 0 saturated heterocycles. The van der Waals surface area contributed by atoms with Crippen LogP contribution in [-0.4, -0.2) is 41.7 Å². The van der Waals surface area contributed by atoms with Crippen LogP contribution in [-0.2, 0) is 4.79 Å². The largest absolute Gasteiger partial charge is 0.391 e. The molecule has 2 unspecified atom stereocenters. The maximum atomic E-state index is 12.1. The van der Waals surface area contributed by atoms with E-state index in [1.165, 1.54) is 6.07 Å². The van der Waals surface area contributed by atoms with E-state index >= 15 is 0 Å². The summed E-state index contributed by atoms with van der Waals surface area (Å²) >= 11 is 0. The van der Waals surface area contributed by atoms with Crippen LogP contribution < -0.4 is 10.2 Å². The Morgan fingerprint density at radius 1 is 1.41 bits per heavy atom. The van der Waals surface area contributed by atoms with E-state index in [9.17, 15) is 20.0 Å². The fourth-order valence-electron chi connectivity index (χ4n) is 2.77. The van der Waals surface area contributed by atoms with Gasteiger partial charge in [0.1, 0.15) is 5.69 Å². The van der Waals surface area contributed by atoms with E-state index in [4.69, 9.17) is 0 Å². The number of nitrogens with zero attached hydrogens (tertiary/aromatic N) is 2. The molecule has 0 heterocycles. The zero-order valence-corrected chi connectivity index (χ0v) is 12.6. The first-order valence-corrected chi connectivity index (χ1v) is 7.41. The molecule has 2 rings (SSSR count). The maximum absolute atomic E-state index is 12.1. The number of nitro benzene ring substituents is 1. The Morgan fingerprint density at radius 3 is 2.77 bits per heavy atom. The summed E-state index contributed by atoms with van der Waals surface area (Å²) in [6.45, 7) is 0.00801. The fourth-order valence-corrected chi connectivity index (χ4v) is 2.77. The summed E-state index contributed by atoms with van der Waals surface area (Å²) in [7, 11) is 1.64. The number of para-hydroxylation sites is 2. The lowest BCUT2D eigenvalue weighted by molar-refractivity contribution is -0.384. The Morgan fingerprint density at radius 2 is 2.09 bits per heavy atom. The molecule has 1 amide bonds. The van der Waals surface area contributed by atoms with E-state index in [1.54, 1.807) is 30.1 Å². The molecule has 7 heteroatoms. The lowest BCUT2D eigenvalue weighted by Gasteiger charge is -2.29. The van der Waals surface area contributed by atoms with Crippen molar-refractivity contribution in [1.82, 2.24) is 5.32 Å². The van der Waals surface area contributed by atoms with Crippen LogP contribution in [0.1, 0.15) is 25.7 Å². The van der Waals surface area contributed by atoms with Crippen LogP contribution in [0.25, 0.3) is 0 Å². The van der Waals surface area contributed by atoms with Gasteiger partial charge in [0.25, 0.3) is 5.69 Å². The molecule has 22 heavy (non-hydrogen) atoms. The third-order valence-corrected chi connectivity index (χ3v) is 3.95. The van der Waals surface area contributed by atoms with Gasteiger partial charge in [0.15, 0.2) is 0 Å². The monoisotopic (exact) mass is 307 g/mol. The predicted molar refractivity (Wildman–Crippen MR) is 82.8 cm³/mol. The molecule has 1 aliphatic rings. The molecule has 120 valence electrons. The molecular weight excluding hydrogens is 286 g/mol. The lowest BCUT2D eigenvalue weighted by Crippen LogP contribution is -2.48. The first-order valence-electron chi connectivity index (χ1n) is 7.41. The maximum Gasteiger partial charge on any atom is 0.292 e. The van der Waals surface area contributed by atoms with Crippen molar-refractivity contribution in [2.75, 3.05) is 18.5 Å². The van der Waals surface area contributed by atoms with E-state index in [0.717, 1.165) is 19.3 Å². The highest BCUT2D eigenvalue weighted by atomic mass is 16.6. The number of likely N-dealkylation sites (N-methyl/N-ethyl adjacent to an activating group) is 1. The van der Waals surface area contributed by atoms with Crippen molar-refractivity contribution >= 4 is 17.3 Å². The normalized spacial score (nSPS) is 21.2. The number of benzene rings is 1. The number of amides is 1. The van der Waals surface area contributed by atoms with Gasteiger partial charge in [0.2, 0.25) is 5.91 Å². The van der Waals surface area contributed by atoms with Crippen molar-refractivity contribution < 1.29 is 14.8 Å². The topological polar surface area (TPSA) is 95.7 Å². The van der Waals surface area contributed by atoms with Gasteiger partial charge in [-0.1, -0.05) is 25.0 Å². The molecule has 0 bridgehead atoms. The minimum Gasteiger partial charge on any atom is -0.391 e. The van der Waals surface area contributed by atoms with Gasteiger partial charge in [-0.05, 0) is 18.9 Å². The zero-order chi connectivity index (χ0) is 16.1. The third kappa shape index (κ3) is 3.94. The van der Waals surface area contributed by atoms with Gasteiger partial charge in [-0.3, -0.25) is 14.9 Å². The van der Waals surface area contributed by atoms with Crippen LogP contribution in [0.4, 0.5) is 11.4 Å². The summed E-state index contributed by atoms with van der Waals surface area (Å²) < 4.78 is 0. The summed E-state index contributed by atoms with van der Waals surface area (Å²) in [4.78, 5) is 24.2. The minimum atomic E-state index is -0.505. The van der Waals surface area contributed by atoms with Gasteiger partial charge in [0.05, 0.1) is 23.6 Å². The number of hydrogen-bond acceptors (Lipinski definition) is 5. The average molecular weight is 307 g/mol. The van der Waals surface area contributed by atoms with Gasteiger partial charge in [-0.2, -0.15) is 0 Å². The summed E-state index contributed by atoms with van der Waals surface area (Å²) in [6.07, 6.45) is 2.92. The smallest absolute Gasteiger partial charge is 0.292 e. The van der Waals surface area contributed by atoms with Crippen LogP contribution in [0.3, 0.4) is 0 Å². The average Bonchev–Trinajstić information content (AvgIpc) is 2.49. The van der Waals surface area contributed by atoms with Crippen LogP contribution >= 0.6 is 0 Å². The standard InChI is InChI=1S/C15H21N3O4/c1-17(12-7-3-4-8-13(12)18(21)22)10-15(20)16-11-6-2-5-9-14(11)19/h3-4,7-8,11,14,19H,2,5-6,9-10H2,1H3,(H,16,20). The molecule has 7 nitrogen and oxygen atoms in total. The van der Waals surface area contributed by atoms with Crippen molar-refractivity contribution in [2.24, 2.45) is 0 Å². The number of anilines is 1. The van der Waals surface area contributed by atoms with Crippen LogP contribution in [0.2, 0.25) is 0 Å². The predicted octanol–water partition coefficient (Wildman–Crippen LogP) is 1.45. The highest BCUT2D eigenvalue weighted by Gasteiger charge is 2.25. The Kier molecular flexibility index (Phi) is 5.32. The molecule has 1 aliphatic carbocycles. The van der Waals surface area contributed by atoms with Gasteiger partial charge >= 0.3 is 0 Å². The zero-order valence-electron chi connectivity index (χ0n) is 12.6. The molecule has 0 aromatic heterocycles. The van der Waals surface area contributed by atoms with Crippen molar-refractivity contribution in [3.05, 3.63) is 34.4 Å². The molecule has 1 aromatic carbocycles. The van der Waals surface area contributed by atoms with Gasteiger partial charge in [-0.25, -0.2) is 0 Å². The third-order valence-electron chi connectivity index (χ3n) is 3.95. The van der Waals surface area contributed by atoms with Crippen LogP contribution in [0, 0.1) is 10.1 Å². The van der Waals surface area contributed by atoms with Gasteiger partial charge in [0, 0.05) is 13.1 Å². The van der Waals surface area contributed by atoms with Crippen LogP contribution in [0.15, 0.2) is 24.3 Å². The number of carbonyl (C=O) groups is 1. The number of hydrogen-bond donors (Lipinski definition) is 2. The Balaban J connectivity index is 1.98. The molecule has 2 N–H and O–H groups in total. The molecule has 1 fully saturated rings. The minimum absolute atomic E-state index is 0.00801. The van der Waals surface area contributed by atoms with Gasteiger partial charge in [-0.15, -0.1) is 0 Å². The number of carbonyl (C=O) groups excluding carboxylic acids is 1. The van der Waals surface area contributed by atoms with Crippen molar-refractivity contribution in [3.8, 4) is 0 Å². The molecule has 0 radical (unpaired) electrons. The summed E-state index contributed by atoms with van der Waals surface area (Å²) in [5, 5.41) is 23.7. The molecule has 1 aromatic rings. The van der Waals surface area contributed by atoms with Crippen molar-refractivity contribution in [1.29, 1.82) is 0 Å². The number of rotatable bonds is 5. The second-order valence-corrected chi connectivity index (χ2v) is 5.63. The van der Waals surface area contributed by atoms with E-state index in [-0.39, 0.29) is 24.2 Å². The van der Waals surface area contributed by atoms with Crippen molar-refractivity contribution in [2.45, 2.75) is 37.8 Å². The quantitative estimate of drug-likeness (QED) is 0.634. The second kappa shape index (κ2) is 7.22. The number of nitrogens with one attached hydrogen (secondary N) is 1. The molecule has 0 aliphatic heterocycles. The van der Waals surface area contributed by atoms with E-state index in [0.29, 0.717) is 12.1 Å². The Hall–Kier alpha value is -2.15. The highest BCUT2D eigenvalue weighted by Crippen LogP contribution is 2.26. The van der Waals surface area contributed by atoms with E-state index < -0.39 is 11.0 Å². The lowest BCUT2D eigenvalue weighted by atomic mass is 9.92. The van der Waals surface area contributed by atoms with Crippen molar-refractivity contribution in [3.63, 3.8) is 0 Å². The number of aliphatic hydroxyl groups is 1.